The summed E-state index contributed by atoms with van der Waals surface area (Å²) in [5, 5.41) is 0. The van der Waals surface area contributed by atoms with E-state index in [9.17, 15) is 0 Å². The summed E-state index contributed by atoms with van der Waals surface area (Å²) in [5.41, 5.74) is 1.46. The molecule has 2 heteroatoms. The van der Waals surface area contributed by atoms with Gasteiger partial charge in [0.1, 0.15) is 0 Å². The number of hydrogen-bond acceptors (Lipinski definition) is 1. The molecule has 0 saturated heterocycles. The predicted octanol–water partition coefficient (Wildman–Crippen LogP) is 7.47. The highest BCUT2D eigenvalue weighted by atomic mass is 15.1. The first-order valence-corrected chi connectivity index (χ1v) is 11.2. The minimum Gasteiger partial charge on any atom is -0.334 e. The summed E-state index contributed by atoms with van der Waals surface area (Å²) < 4.78 is 2.37. The Labute approximate surface area is 167 Å². The van der Waals surface area contributed by atoms with Crippen molar-refractivity contribution in [2.24, 2.45) is 11.8 Å². The van der Waals surface area contributed by atoms with Crippen LogP contribution in [0.1, 0.15) is 90.2 Å². The lowest BCUT2D eigenvalue weighted by Gasteiger charge is -2.31. The van der Waals surface area contributed by atoms with Crippen molar-refractivity contribution in [2.45, 2.75) is 91.0 Å². The molecule has 150 valence electrons. The lowest BCUT2D eigenvalue weighted by Crippen LogP contribution is -2.25. The number of unbranched alkanes of at least 4 members (excludes halogenated alkanes) is 7. The SMILES string of the molecule is CCCCCCCCCCC(C(Cc1ccccc1)C(C)C)n1ccnc1. The molecular formula is C25H40N2. The van der Waals surface area contributed by atoms with Gasteiger partial charge in [0, 0.05) is 18.4 Å². The molecule has 0 saturated carbocycles. The van der Waals surface area contributed by atoms with Gasteiger partial charge in [0.2, 0.25) is 0 Å². The Bertz CT molecular complexity index is 574. The summed E-state index contributed by atoms with van der Waals surface area (Å²) in [6.45, 7) is 7.05. The molecule has 2 atom stereocenters. The van der Waals surface area contributed by atoms with E-state index >= 15 is 0 Å². The minimum absolute atomic E-state index is 0.549. The van der Waals surface area contributed by atoms with E-state index in [4.69, 9.17) is 0 Å². The zero-order valence-corrected chi connectivity index (χ0v) is 17.8. The van der Waals surface area contributed by atoms with Gasteiger partial charge in [0.15, 0.2) is 0 Å². The van der Waals surface area contributed by atoms with Gasteiger partial charge >= 0.3 is 0 Å². The van der Waals surface area contributed by atoms with Gasteiger partial charge in [-0.05, 0) is 30.2 Å². The Kier molecular flexibility index (Phi) is 10.3. The Hall–Kier alpha value is -1.57. The van der Waals surface area contributed by atoms with Crippen molar-refractivity contribution in [2.75, 3.05) is 0 Å². The number of nitrogens with zero attached hydrogens (tertiary/aromatic N) is 2. The van der Waals surface area contributed by atoms with Gasteiger partial charge in [0.05, 0.1) is 6.33 Å². The molecule has 1 heterocycles. The normalized spacial score (nSPS) is 13.8. The van der Waals surface area contributed by atoms with Crippen LogP contribution < -0.4 is 0 Å². The molecule has 1 aromatic heterocycles. The number of imidazole rings is 1. The third-order valence-corrected chi connectivity index (χ3v) is 5.93. The molecule has 0 aliphatic heterocycles. The van der Waals surface area contributed by atoms with E-state index in [0.717, 1.165) is 6.42 Å². The van der Waals surface area contributed by atoms with Crippen LogP contribution in [0.15, 0.2) is 49.1 Å². The van der Waals surface area contributed by atoms with Gasteiger partial charge in [-0.2, -0.15) is 0 Å². The average molecular weight is 369 g/mol. The van der Waals surface area contributed by atoms with Crippen LogP contribution in [0.4, 0.5) is 0 Å². The van der Waals surface area contributed by atoms with Crippen molar-refractivity contribution in [1.29, 1.82) is 0 Å². The van der Waals surface area contributed by atoms with Crippen LogP contribution in [0.25, 0.3) is 0 Å². The van der Waals surface area contributed by atoms with E-state index in [1.807, 2.05) is 12.5 Å². The second-order valence-electron chi connectivity index (χ2n) is 8.44. The van der Waals surface area contributed by atoms with E-state index in [-0.39, 0.29) is 0 Å². The minimum atomic E-state index is 0.549. The van der Waals surface area contributed by atoms with Crippen molar-refractivity contribution < 1.29 is 0 Å². The molecule has 2 rings (SSSR count). The third kappa shape index (κ3) is 7.91. The second kappa shape index (κ2) is 12.8. The monoisotopic (exact) mass is 368 g/mol. The number of hydrogen-bond donors (Lipinski definition) is 0. The second-order valence-corrected chi connectivity index (χ2v) is 8.44. The summed E-state index contributed by atoms with van der Waals surface area (Å²) in [6.07, 6.45) is 19.6. The van der Waals surface area contributed by atoms with Crippen molar-refractivity contribution in [3.8, 4) is 0 Å². The van der Waals surface area contributed by atoms with E-state index in [1.54, 1.807) is 0 Å². The molecule has 0 N–H and O–H groups in total. The van der Waals surface area contributed by atoms with E-state index < -0.39 is 0 Å². The maximum Gasteiger partial charge on any atom is 0.0948 e. The smallest absolute Gasteiger partial charge is 0.0948 e. The zero-order chi connectivity index (χ0) is 19.3. The lowest BCUT2D eigenvalue weighted by atomic mass is 9.81. The van der Waals surface area contributed by atoms with Crippen molar-refractivity contribution >= 4 is 0 Å². The Morgan fingerprint density at radius 3 is 2.15 bits per heavy atom. The highest BCUT2D eigenvalue weighted by molar-refractivity contribution is 5.15. The zero-order valence-electron chi connectivity index (χ0n) is 17.8. The molecule has 2 nitrogen and oxygen atoms in total. The van der Waals surface area contributed by atoms with Gasteiger partial charge in [-0.1, -0.05) is 102 Å². The first kappa shape index (κ1) is 21.7. The van der Waals surface area contributed by atoms with Crippen molar-refractivity contribution in [3.05, 3.63) is 54.6 Å². The molecule has 0 aliphatic rings. The number of benzene rings is 1. The summed E-state index contributed by atoms with van der Waals surface area (Å²) in [4.78, 5) is 4.34. The molecule has 0 fully saturated rings. The first-order chi connectivity index (χ1) is 13.2. The van der Waals surface area contributed by atoms with Crippen LogP contribution in [0.3, 0.4) is 0 Å². The summed E-state index contributed by atoms with van der Waals surface area (Å²) in [6, 6.07) is 11.5. The molecule has 0 amide bonds. The van der Waals surface area contributed by atoms with Gasteiger partial charge < -0.3 is 4.57 Å². The fraction of sp³-hybridized carbons (Fsp3) is 0.640. The molecular weight excluding hydrogens is 328 g/mol. The first-order valence-electron chi connectivity index (χ1n) is 11.2. The van der Waals surface area contributed by atoms with Gasteiger partial charge in [-0.3, -0.25) is 0 Å². The maximum absolute atomic E-state index is 4.34. The van der Waals surface area contributed by atoms with Crippen LogP contribution >= 0.6 is 0 Å². The predicted molar refractivity (Wildman–Crippen MR) is 117 cm³/mol. The Morgan fingerprint density at radius 2 is 1.56 bits per heavy atom. The van der Waals surface area contributed by atoms with E-state index in [2.05, 4.69) is 66.9 Å². The van der Waals surface area contributed by atoms with Gasteiger partial charge in [0.25, 0.3) is 0 Å². The summed E-state index contributed by atoms with van der Waals surface area (Å²) in [5.74, 6) is 1.30. The number of aromatic nitrogens is 2. The van der Waals surface area contributed by atoms with Gasteiger partial charge in [-0.25, -0.2) is 4.98 Å². The van der Waals surface area contributed by atoms with Crippen LogP contribution in [0, 0.1) is 11.8 Å². The van der Waals surface area contributed by atoms with Crippen molar-refractivity contribution in [3.63, 3.8) is 0 Å². The Morgan fingerprint density at radius 1 is 0.889 bits per heavy atom. The van der Waals surface area contributed by atoms with E-state index in [0.29, 0.717) is 17.9 Å². The molecule has 0 bridgehead atoms. The molecule has 0 aliphatic carbocycles. The largest absolute Gasteiger partial charge is 0.334 e. The highest BCUT2D eigenvalue weighted by Crippen LogP contribution is 2.33. The van der Waals surface area contributed by atoms with E-state index in [1.165, 1.54) is 63.4 Å². The molecule has 27 heavy (non-hydrogen) atoms. The Balaban J connectivity index is 1.90. The standard InChI is InChI=1S/C25H40N2/c1-4-5-6-7-8-9-10-14-17-25(27-19-18-26-21-27)24(22(2)3)20-23-15-12-11-13-16-23/h11-13,15-16,18-19,21-22,24-25H,4-10,14,17,20H2,1-3H3. The average Bonchev–Trinajstić information content (AvgIpc) is 3.20. The molecule has 1 aromatic carbocycles. The summed E-state index contributed by atoms with van der Waals surface area (Å²) in [7, 11) is 0. The van der Waals surface area contributed by atoms with Crippen LogP contribution in [-0.4, -0.2) is 9.55 Å². The molecule has 2 aromatic rings. The third-order valence-electron chi connectivity index (χ3n) is 5.93. The fourth-order valence-electron chi connectivity index (χ4n) is 4.24. The molecule has 2 unspecified atom stereocenters. The fourth-order valence-corrected chi connectivity index (χ4v) is 4.24. The van der Waals surface area contributed by atoms with Crippen molar-refractivity contribution in [1.82, 2.24) is 9.55 Å². The van der Waals surface area contributed by atoms with Crippen LogP contribution in [0.2, 0.25) is 0 Å². The molecule has 0 radical (unpaired) electrons. The molecule has 0 spiro atoms. The maximum atomic E-state index is 4.34. The highest BCUT2D eigenvalue weighted by Gasteiger charge is 2.25. The van der Waals surface area contributed by atoms with Crippen LogP contribution in [0.5, 0.6) is 0 Å². The topological polar surface area (TPSA) is 17.8 Å². The quantitative estimate of drug-likeness (QED) is 0.316. The van der Waals surface area contributed by atoms with Gasteiger partial charge in [-0.15, -0.1) is 0 Å². The summed E-state index contributed by atoms with van der Waals surface area (Å²) >= 11 is 0. The number of rotatable bonds is 14. The van der Waals surface area contributed by atoms with Crippen LogP contribution in [-0.2, 0) is 6.42 Å². The lowest BCUT2D eigenvalue weighted by molar-refractivity contribution is 0.233.